The van der Waals surface area contributed by atoms with Crippen LogP contribution >= 0.6 is 0 Å². The zero-order valence-electron chi connectivity index (χ0n) is 9.98. The van der Waals surface area contributed by atoms with Gasteiger partial charge in [0.05, 0.1) is 0 Å². The Bertz CT molecular complexity index is 503. The second-order valence-corrected chi connectivity index (χ2v) is 4.28. The number of hydrogen-bond donors (Lipinski definition) is 1. The number of rotatable bonds is 3. The van der Waals surface area contributed by atoms with E-state index in [1.165, 1.54) is 24.3 Å². The van der Waals surface area contributed by atoms with Gasteiger partial charge in [-0.15, -0.1) is 0 Å². The molecule has 0 heterocycles. The monoisotopic (exact) mass is 248 g/mol. The van der Waals surface area contributed by atoms with Crippen molar-refractivity contribution in [3.05, 3.63) is 70.8 Å². The molecule has 2 rings (SSSR count). The molecule has 2 aromatic rings. The Balaban J connectivity index is 2.23. The van der Waals surface area contributed by atoms with Crippen LogP contribution in [0.15, 0.2) is 48.5 Å². The van der Waals surface area contributed by atoms with E-state index in [1.807, 2.05) is 31.2 Å². The summed E-state index contributed by atoms with van der Waals surface area (Å²) in [5.74, 6) is 0. The van der Waals surface area contributed by atoms with E-state index in [0.29, 0.717) is 5.56 Å². The van der Waals surface area contributed by atoms with Crippen LogP contribution in [0.5, 0.6) is 0 Å². The van der Waals surface area contributed by atoms with Crippen LogP contribution in [0.4, 0.5) is 8.78 Å². The number of aliphatic hydroxyl groups is 1. The summed E-state index contributed by atoms with van der Waals surface area (Å²) in [4.78, 5) is 0. The molecule has 0 saturated heterocycles. The molecule has 94 valence electrons. The van der Waals surface area contributed by atoms with Crippen molar-refractivity contribution in [3.63, 3.8) is 0 Å². The predicted molar refractivity (Wildman–Crippen MR) is 66.6 cm³/mol. The maximum Gasteiger partial charge on any atom is 0.263 e. The quantitative estimate of drug-likeness (QED) is 0.870. The molecule has 0 spiro atoms. The van der Waals surface area contributed by atoms with Gasteiger partial charge in [-0.1, -0.05) is 54.1 Å². The second kappa shape index (κ2) is 5.27. The third-order valence-electron chi connectivity index (χ3n) is 2.90. The first-order chi connectivity index (χ1) is 8.58. The van der Waals surface area contributed by atoms with Gasteiger partial charge in [0.25, 0.3) is 6.43 Å². The first-order valence-corrected chi connectivity index (χ1v) is 5.70. The Morgan fingerprint density at radius 1 is 0.778 bits per heavy atom. The van der Waals surface area contributed by atoms with Crippen molar-refractivity contribution in [3.8, 4) is 0 Å². The van der Waals surface area contributed by atoms with Crippen LogP contribution < -0.4 is 0 Å². The van der Waals surface area contributed by atoms with Crippen molar-refractivity contribution in [1.29, 1.82) is 0 Å². The molecule has 0 aromatic heterocycles. The fourth-order valence-corrected chi connectivity index (χ4v) is 1.76. The summed E-state index contributed by atoms with van der Waals surface area (Å²) in [6, 6.07) is 13.2. The smallest absolute Gasteiger partial charge is 0.263 e. The van der Waals surface area contributed by atoms with Gasteiger partial charge in [-0.25, -0.2) is 8.78 Å². The van der Waals surface area contributed by atoms with Gasteiger partial charge in [0.1, 0.15) is 6.10 Å². The molecule has 0 bridgehead atoms. The minimum Gasteiger partial charge on any atom is -0.384 e. The van der Waals surface area contributed by atoms with Gasteiger partial charge in [0, 0.05) is 5.56 Å². The lowest BCUT2D eigenvalue weighted by atomic mass is 9.99. The number of benzene rings is 2. The fraction of sp³-hybridized carbons (Fsp3) is 0.200. The molecule has 0 aliphatic carbocycles. The van der Waals surface area contributed by atoms with Crippen molar-refractivity contribution < 1.29 is 13.9 Å². The summed E-state index contributed by atoms with van der Waals surface area (Å²) < 4.78 is 24.8. The molecule has 0 radical (unpaired) electrons. The van der Waals surface area contributed by atoms with Crippen molar-refractivity contribution >= 4 is 0 Å². The minimum atomic E-state index is -2.48. The molecular weight excluding hydrogens is 234 g/mol. The highest BCUT2D eigenvalue weighted by Gasteiger charge is 2.12. The van der Waals surface area contributed by atoms with E-state index in [-0.39, 0.29) is 5.56 Å². The molecule has 3 heteroatoms. The molecule has 1 unspecified atom stereocenters. The van der Waals surface area contributed by atoms with E-state index < -0.39 is 12.5 Å². The van der Waals surface area contributed by atoms with Gasteiger partial charge >= 0.3 is 0 Å². The summed E-state index contributed by atoms with van der Waals surface area (Å²) in [6.07, 6.45) is -3.26. The number of halogens is 2. The van der Waals surface area contributed by atoms with Crippen molar-refractivity contribution in [1.82, 2.24) is 0 Å². The average molecular weight is 248 g/mol. The zero-order valence-corrected chi connectivity index (χ0v) is 9.98. The van der Waals surface area contributed by atoms with E-state index in [9.17, 15) is 13.9 Å². The fourth-order valence-electron chi connectivity index (χ4n) is 1.76. The normalized spacial score (nSPS) is 12.7. The first-order valence-electron chi connectivity index (χ1n) is 5.70. The Kier molecular flexibility index (Phi) is 3.72. The Hall–Kier alpha value is -1.74. The van der Waals surface area contributed by atoms with E-state index in [1.54, 1.807) is 0 Å². The SMILES string of the molecule is Cc1ccc(C(O)c2ccc(C(F)F)cc2)cc1. The van der Waals surface area contributed by atoms with Crippen LogP contribution in [0.25, 0.3) is 0 Å². The second-order valence-electron chi connectivity index (χ2n) is 4.28. The van der Waals surface area contributed by atoms with Crippen LogP contribution in [0, 0.1) is 6.92 Å². The lowest BCUT2D eigenvalue weighted by Crippen LogP contribution is -1.99. The third-order valence-corrected chi connectivity index (χ3v) is 2.90. The van der Waals surface area contributed by atoms with Gasteiger partial charge in [-0.2, -0.15) is 0 Å². The number of aryl methyl sites for hydroxylation is 1. The molecule has 18 heavy (non-hydrogen) atoms. The summed E-state index contributed by atoms with van der Waals surface area (Å²) in [6.45, 7) is 1.97. The largest absolute Gasteiger partial charge is 0.384 e. The van der Waals surface area contributed by atoms with E-state index in [4.69, 9.17) is 0 Å². The van der Waals surface area contributed by atoms with Gasteiger partial charge in [0.15, 0.2) is 0 Å². The van der Waals surface area contributed by atoms with Crippen molar-refractivity contribution in [2.75, 3.05) is 0 Å². The summed E-state index contributed by atoms with van der Waals surface area (Å²) in [5.41, 5.74) is 2.45. The van der Waals surface area contributed by atoms with Gasteiger partial charge < -0.3 is 5.11 Å². The van der Waals surface area contributed by atoms with Gasteiger partial charge in [0.2, 0.25) is 0 Å². The topological polar surface area (TPSA) is 20.2 Å². The lowest BCUT2D eigenvalue weighted by molar-refractivity contribution is 0.151. The number of aliphatic hydroxyl groups excluding tert-OH is 1. The highest BCUT2D eigenvalue weighted by molar-refractivity contribution is 5.33. The van der Waals surface area contributed by atoms with Gasteiger partial charge in [-0.3, -0.25) is 0 Å². The molecule has 1 N–H and O–H groups in total. The van der Waals surface area contributed by atoms with Gasteiger partial charge in [-0.05, 0) is 18.1 Å². The molecular formula is C15H14F2O. The Morgan fingerprint density at radius 2 is 1.17 bits per heavy atom. The van der Waals surface area contributed by atoms with E-state index in [0.717, 1.165) is 11.1 Å². The number of alkyl halides is 2. The van der Waals surface area contributed by atoms with Crippen LogP contribution in [-0.2, 0) is 0 Å². The van der Waals surface area contributed by atoms with Crippen LogP contribution in [0.1, 0.15) is 34.8 Å². The Labute approximate surface area is 105 Å². The first kappa shape index (κ1) is 12.7. The number of hydrogen-bond acceptors (Lipinski definition) is 1. The average Bonchev–Trinajstić information content (AvgIpc) is 2.39. The van der Waals surface area contributed by atoms with Crippen LogP contribution in [-0.4, -0.2) is 5.11 Å². The molecule has 0 aliphatic rings. The molecule has 0 fully saturated rings. The molecule has 0 amide bonds. The Morgan fingerprint density at radius 3 is 1.61 bits per heavy atom. The van der Waals surface area contributed by atoms with E-state index in [2.05, 4.69) is 0 Å². The third kappa shape index (κ3) is 2.74. The van der Waals surface area contributed by atoms with Crippen LogP contribution in [0.2, 0.25) is 0 Å². The highest BCUT2D eigenvalue weighted by Crippen LogP contribution is 2.25. The zero-order chi connectivity index (χ0) is 13.1. The predicted octanol–water partition coefficient (Wildman–Crippen LogP) is 4.01. The minimum absolute atomic E-state index is 0.0325. The van der Waals surface area contributed by atoms with E-state index >= 15 is 0 Å². The maximum atomic E-state index is 12.4. The van der Waals surface area contributed by atoms with Crippen molar-refractivity contribution in [2.24, 2.45) is 0 Å². The molecule has 2 aromatic carbocycles. The molecule has 0 aliphatic heterocycles. The summed E-state index contributed by atoms with van der Waals surface area (Å²) >= 11 is 0. The lowest BCUT2D eigenvalue weighted by Gasteiger charge is -2.12. The standard InChI is InChI=1S/C15H14F2O/c1-10-2-4-11(5-3-10)14(18)12-6-8-13(9-7-12)15(16)17/h2-9,14-15,18H,1H3. The molecule has 0 saturated carbocycles. The maximum absolute atomic E-state index is 12.4. The molecule has 1 nitrogen and oxygen atoms in total. The van der Waals surface area contributed by atoms with Crippen molar-refractivity contribution in [2.45, 2.75) is 19.5 Å². The summed E-state index contributed by atoms with van der Waals surface area (Å²) in [7, 11) is 0. The summed E-state index contributed by atoms with van der Waals surface area (Å²) in [5, 5.41) is 10.1. The highest BCUT2D eigenvalue weighted by atomic mass is 19.3. The van der Waals surface area contributed by atoms with Crippen LogP contribution in [0.3, 0.4) is 0 Å². The molecule has 1 atom stereocenters.